The first-order valence-corrected chi connectivity index (χ1v) is 8.42. The molecule has 3 rings (SSSR count). The maximum absolute atomic E-state index is 12.6. The molecule has 4 N–H and O–H groups in total. The van der Waals surface area contributed by atoms with Gasteiger partial charge in [-0.3, -0.25) is 19.7 Å². The summed E-state index contributed by atoms with van der Waals surface area (Å²) in [6, 6.07) is 0. The van der Waals surface area contributed by atoms with Crippen LogP contribution in [0.4, 0.5) is 0 Å². The molecule has 0 saturated carbocycles. The van der Waals surface area contributed by atoms with Crippen molar-refractivity contribution in [2.75, 3.05) is 6.54 Å². The third-order valence-corrected chi connectivity index (χ3v) is 3.93. The number of amides is 2. The van der Waals surface area contributed by atoms with Crippen LogP contribution in [0.1, 0.15) is 51.9 Å². The van der Waals surface area contributed by atoms with E-state index >= 15 is 0 Å². The fourth-order valence-electron chi connectivity index (χ4n) is 2.55. The molecule has 0 aliphatic rings. The molecule has 2 amide bonds. The molecule has 11 heteroatoms. The molecule has 0 bridgehead atoms. The second-order valence-corrected chi connectivity index (χ2v) is 5.93. The van der Waals surface area contributed by atoms with Gasteiger partial charge in [-0.05, 0) is 13.3 Å². The molecule has 146 valence electrons. The molecule has 0 aliphatic heterocycles. The number of aryl methyl sites for hydroxylation is 1. The highest BCUT2D eigenvalue weighted by Crippen LogP contribution is 2.25. The van der Waals surface area contributed by atoms with Gasteiger partial charge in [-0.25, -0.2) is 9.78 Å². The molecular weight excluding hydrogens is 368 g/mol. The van der Waals surface area contributed by atoms with Gasteiger partial charge >= 0.3 is 5.97 Å². The van der Waals surface area contributed by atoms with Crippen LogP contribution in [0, 0.1) is 6.92 Å². The van der Waals surface area contributed by atoms with E-state index in [0.29, 0.717) is 17.3 Å². The molecule has 1 unspecified atom stereocenters. The van der Waals surface area contributed by atoms with E-state index in [9.17, 15) is 14.4 Å². The molecule has 0 aliphatic carbocycles. The molecular formula is C17H18N6O5. The summed E-state index contributed by atoms with van der Waals surface area (Å²) < 4.78 is 11.0. The molecule has 0 radical (unpaired) electrons. The van der Waals surface area contributed by atoms with Crippen molar-refractivity contribution in [2.45, 2.75) is 26.4 Å². The first-order valence-electron chi connectivity index (χ1n) is 8.42. The Morgan fingerprint density at radius 3 is 2.82 bits per heavy atom. The summed E-state index contributed by atoms with van der Waals surface area (Å²) in [5, 5.41) is 9.52. The van der Waals surface area contributed by atoms with Crippen LogP contribution in [-0.4, -0.2) is 44.5 Å². The Bertz CT molecular complexity index is 1040. The Balaban J connectivity index is 1.79. The largest absolute Gasteiger partial charge is 0.449 e. The monoisotopic (exact) mass is 386 g/mol. The van der Waals surface area contributed by atoms with Crippen molar-refractivity contribution in [1.29, 1.82) is 0 Å². The van der Waals surface area contributed by atoms with E-state index in [1.54, 1.807) is 20.0 Å². The minimum atomic E-state index is -0.814. The highest BCUT2D eigenvalue weighted by Gasteiger charge is 2.26. The zero-order valence-corrected chi connectivity index (χ0v) is 15.2. The Morgan fingerprint density at radius 2 is 2.11 bits per heavy atom. The second kappa shape index (κ2) is 7.86. The number of primary amides is 1. The third kappa shape index (κ3) is 3.82. The lowest BCUT2D eigenvalue weighted by molar-refractivity contribution is -0.117. The lowest BCUT2D eigenvalue weighted by Crippen LogP contribution is -2.33. The van der Waals surface area contributed by atoms with E-state index in [1.165, 1.54) is 12.4 Å². The average molecular weight is 386 g/mol. The number of pyridine rings is 1. The number of aromatic nitrogens is 4. The van der Waals surface area contributed by atoms with Crippen molar-refractivity contribution in [1.82, 2.24) is 25.5 Å². The number of aromatic amines is 1. The van der Waals surface area contributed by atoms with Gasteiger partial charge in [0.25, 0.3) is 5.91 Å². The fourth-order valence-corrected chi connectivity index (χ4v) is 2.55. The summed E-state index contributed by atoms with van der Waals surface area (Å²) in [6.45, 7) is 3.00. The van der Waals surface area contributed by atoms with Gasteiger partial charge in [-0.15, -0.1) is 0 Å². The van der Waals surface area contributed by atoms with Gasteiger partial charge in [-0.2, -0.15) is 5.10 Å². The zero-order chi connectivity index (χ0) is 20.3. The van der Waals surface area contributed by atoms with Crippen LogP contribution in [0.3, 0.4) is 0 Å². The Labute approximate surface area is 158 Å². The first-order chi connectivity index (χ1) is 13.4. The average Bonchev–Trinajstić information content (AvgIpc) is 3.30. The molecule has 11 nitrogen and oxygen atoms in total. The summed E-state index contributed by atoms with van der Waals surface area (Å²) in [7, 11) is 0. The highest BCUT2D eigenvalue weighted by atomic mass is 16.6. The number of fused-ring (bicyclic) bond motifs is 1. The quantitative estimate of drug-likeness (QED) is 0.501. The second-order valence-electron chi connectivity index (χ2n) is 5.93. The van der Waals surface area contributed by atoms with Gasteiger partial charge in [0, 0.05) is 11.6 Å². The number of H-pyrrole nitrogens is 1. The topological polar surface area (TPSA) is 166 Å². The molecule has 3 aromatic rings. The standard InChI is InChI=1S/C17H18N6O5/c1-3-12(16-22-14(8(2)27-16)15(25)20-7-13(18)24)28-17(26)10-4-19-6-11-9(10)5-21-23-11/h4-6,12H,3,7H2,1-2H3,(H2,18,24)(H,20,25)(H,21,23). The molecule has 3 aromatic heterocycles. The van der Waals surface area contributed by atoms with Gasteiger partial charge < -0.3 is 20.2 Å². The van der Waals surface area contributed by atoms with Crippen molar-refractivity contribution in [3.05, 3.63) is 41.5 Å². The summed E-state index contributed by atoms with van der Waals surface area (Å²) in [4.78, 5) is 43.6. The minimum Gasteiger partial charge on any atom is -0.449 e. The van der Waals surface area contributed by atoms with Crippen LogP contribution in [-0.2, 0) is 9.53 Å². The molecule has 0 saturated heterocycles. The number of hydrogen-bond donors (Lipinski definition) is 3. The van der Waals surface area contributed by atoms with Crippen molar-refractivity contribution >= 4 is 28.7 Å². The van der Waals surface area contributed by atoms with Crippen LogP contribution >= 0.6 is 0 Å². The molecule has 0 spiro atoms. The zero-order valence-electron chi connectivity index (χ0n) is 15.2. The first kappa shape index (κ1) is 19.0. The lowest BCUT2D eigenvalue weighted by atomic mass is 10.2. The summed E-state index contributed by atoms with van der Waals surface area (Å²) in [5.41, 5.74) is 5.84. The van der Waals surface area contributed by atoms with Crippen molar-refractivity contribution in [3.63, 3.8) is 0 Å². The highest BCUT2D eigenvalue weighted by molar-refractivity contribution is 6.02. The maximum atomic E-state index is 12.6. The number of ether oxygens (including phenoxy) is 1. The Kier molecular flexibility index (Phi) is 5.34. The van der Waals surface area contributed by atoms with Gasteiger partial charge in [-0.1, -0.05) is 6.92 Å². The predicted octanol–water partition coefficient (Wildman–Crippen LogP) is 0.778. The van der Waals surface area contributed by atoms with E-state index in [-0.39, 0.29) is 29.5 Å². The van der Waals surface area contributed by atoms with Crippen LogP contribution in [0.15, 0.2) is 23.0 Å². The number of esters is 1. The molecule has 0 aromatic carbocycles. The third-order valence-electron chi connectivity index (χ3n) is 3.93. The lowest BCUT2D eigenvalue weighted by Gasteiger charge is -2.13. The van der Waals surface area contributed by atoms with E-state index < -0.39 is 23.9 Å². The van der Waals surface area contributed by atoms with Gasteiger partial charge in [0.2, 0.25) is 11.8 Å². The van der Waals surface area contributed by atoms with E-state index in [2.05, 4.69) is 25.5 Å². The van der Waals surface area contributed by atoms with Crippen LogP contribution in [0.5, 0.6) is 0 Å². The molecule has 3 heterocycles. The van der Waals surface area contributed by atoms with Crippen molar-refractivity contribution < 1.29 is 23.5 Å². The molecule has 1 atom stereocenters. The number of carbonyl (C=O) groups excluding carboxylic acids is 3. The molecule has 28 heavy (non-hydrogen) atoms. The van der Waals surface area contributed by atoms with Gasteiger partial charge in [0.15, 0.2) is 11.8 Å². The SMILES string of the molecule is CCC(OC(=O)c1cncc2[nH]ncc12)c1nc(C(=O)NCC(N)=O)c(C)o1. The number of nitrogens with two attached hydrogens (primary N) is 1. The Hall–Kier alpha value is -3.76. The van der Waals surface area contributed by atoms with Crippen LogP contribution < -0.4 is 11.1 Å². The minimum absolute atomic E-state index is 0.00986. The van der Waals surface area contributed by atoms with E-state index in [1.807, 2.05) is 0 Å². The summed E-state index contributed by atoms with van der Waals surface area (Å²) in [5.74, 6) is -1.62. The van der Waals surface area contributed by atoms with Crippen LogP contribution in [0.25, 0.3) is 10.9 Å². The number of rotatable bonds is 7. The van der Waals surface area contributed by atoms with Crippen molar-refractivity contribution in [2.24, 2.45) is 5.73 Å². The normalized spacial score (nSPS) is 11.9. The van der Waals surface area contributed by atoms with Gasteiger partial charge in [0.05, 0.1) is 30.0 Å². The predicted molar refractivity (Wildman–Crippen MR) is 95.1 cm³/mol. The van der Waals surface area contributed by atoms with Gasteiger partial charge in [0.1, 0.15) is 5.76 Å². The number of carbonyl (C=O) groups is 3. The van der Waals surface area contributed by atoms with E-state index in [4.69, 9.17) is 14.9 Å². The van der Waals surface area contributed by atoms with Crippen molar-refractivity contribution in [3.8, 4) is 0 Å². The summed E-state index contributed by atoms with van der Waals surface area (Å²) >= 11 is 0. The van der Waals surface area contributed by atoms with E-state index in [0.717, 1.165) is 0 Å². The number of nitrogens with zero attached hydrogens (tertiary/aromatic N) is 3. The number of hydrogen-bond acceptors (Lipinski definition) is 8. The van der Waals surface area contributed by atoms with Crippen LogP contribution in [0.2, 0.25) is 0 Å². The Morgan fingerprint density at radius 1 is 1.32 bits per heavy atom. The maximum Gasteiger partial charge on any atom is 0.341 e. The number of nitrogens with one attached hydrogen (secondary N) is 2. The summed E-state index contributed by atoms with van der Waals surface area (Å²) in [6.07, 6.45) is 3.99. The number of oxazole rings is 1. The molecule has 0 fully saturated rings. The fraction of sp³-hybridized carbons (Fsp3) is 0.294. The smallest absolute Gasteiger partial charge is 0.341 e.